The van der Waals surface area contributed by atoms with Crippen LogP contribution in [-0.2, 0) is 0 Å². The van der Waals surface area contributed by atoms with Gasteiger partial charge in [0.2, 0.25) is 0 Å². The Morgan fingerprint density at radius 3 is 2.19 bits per heavy atom. The first kappa shape index (κ1) is 13.9. The maximum atomic E-state index is 8.80. The Hall–Kier alpha value is -2.14. The molecule has 3 heteroatoms. The second-order valence-corrected chi connectivity index (χ2v) is 2.32. The van der Waals surface area contributed by atoms with Crippen LogP contribution in [0.4, 0.5) is 0 Å². The van der Waals surface area contributed by atoms with E-state index in [0.29, 0.717) is 0 Å². The lowest BCUT2D eigenvalue weighted by atomic mass is 10.4. The molecule has 0 bridgehead atoms. The average molecular weight is 214 g/mol. The van der Waals surface area contributed by atoms with Gasteiger partial charge in [0, 0.05) is 0 Å². The van der Waals surface area contributed by atoms with Gasteiger partial charge in [-0.15, -0.1) is 0 Å². The van der Waals surface area contributed by atoms with Gasteiger partial charge >= 0.3 is 0 Å². The summed E-state index contributed by atoms with van der Waals surface area (Å²) in [4.78, 5) is 0. The van der Waals surface area contributed by atoms with E-state index in [1.165, 1.54) is 12.2 Å². The van der Waals surface area contributed by atoms with E-state index in [2.05, 4.69) is 47.4 Å². The Balaban J connectivity index is 4.08. The van der Waals surface area contributed by atoms with Gasteiger partial charge in [-0.3, -0.25) is 0 Å². The fraction of sp³-hybridized carbons (Fsp3) is 0.231. The lowest BCUT2D eigenvalue weighted by Crippen LogP contribution is -2.07. The molecule has 0 saturated carbocycles. The molecule has 0 fully saturated rings. The molecule has 1 atom stereocenters. The Kier molecular flexibility index (Phi) is 9.47. The summed E-state index contributed by atoms with van der Waals surface area (Å²) < 4.78 is 0. The van der Waals surface area contributed by atoms with Crippen LogP contribution in [0, 0.1) is 47.4 Å². The summed E-state index contributed by atoms with van der Waals surface area (Å²) >= 11 is 0. The van der Waals surface area contributed by atoms with Gasteiger partial charge in [-0.05, 0) is 41.6 Å². The minimum atomic E-state index is -1.06. The minimum Gasteiger partial charge on any atom is -0.393 e. The monoisotopic (exact) mass is 214 g/mol. The molecule has 0 heterocycles. The Bertz CT molecular complexity index is 458. The standard InChI is InChI=1S/C13H10O3/c14-11-9-7-5-3-1-2-4-6-8-10-13(16)12-15/h7,9,13-16H,11-12H2/b9-7+. The van der Waals surface area contributed by atoms with E-state index in [9.17, 15) is 0 Å². The second kappa shape index (κ2) is 10.9. The van der Waals surface area contributed by atoms with Gasteiger partial charge in [-0.25, -0.2) is 0 Å². The number of hydrogen-bond donors (Lipinski definition) is 3. The molecule has 0 aromatic heterocycles. The van der Waals surface area contributed by atoms with Gasteiger partial charge in [-0.1, -0.05) is 17.9 Å². The smallest absolute Gasteiger partial charge is 0.138 e. The summed E-state index contributed by atoms with van der Waals surface area (Å²) in [6.07, 6.45) is 1.91. The lowest BCUT2D eigenvalue weighted by Gasteiger charge is -1.90. The molecule has 0 aliphatic rings. The molecule has 3 N–H and O–H groups in total. The Morgan fingerprint density at radius 2 is 1.56 bits per heavy atom. The molecule has 1 unspecified atom stereocenters. The third-order valence-corrected chi connectivity index (χ3v) is 1.10. The number of rotatable bonds is 2. The van der Waals surface area contributed by atoms with Crippen LogP contribution >= 0.6 is 0 Å². The van der Waals surface area contributed by atoms with E-state index in [1.807, 2.05) is 0 Å². The Morgan fingerprint density at radius 1 is 0.938 bits per heavy atom. The Labute approximate surface area is 94.8 Å². The second-order valence-electron chi connectivity index (χ2n) is 2.32. The highest BCUT2D eigenvalue weighted by atomic mass is 16.3. The number of hydrogen-bond acceptors (Lipinski definition) is 3. The van der Waals surface area contributed by atoms with Crippen molar-refractivity contribution in [1.82, 2.24) is 0 Å². The summed E-state index contributed by atoms with van der Waals surface area (Å²) in [5.41, 5.74) is 0. The van der Waals surface area contributed by atoms with Crippen LogP contribution in [0.5, 0.6) is 0 Å². The van der Waals surface area contributed by atoms with Gasteiger partial charge < -0.3 is 15.3 Å². The number of allylic oxidation sites excluding steroid dienone is 1. The lowest BCUT2D eigenvalue weighted by molar-refractivity contribution is 0.138. The fourth-order valence-electron chi connectivity index (χ4n) is 0.479. The van der Waals surface area contributed by atoms with Crippen molar-refractivity contribution in [3.05, 3.63) is 12.2 Å². The molecule has 0 spiro atoms. The van der Waals surface area contributed by atoms with Crippen LogP contribution in [0.25, 0.3) is 0 Å². The molecule has 16 heavy (non-hydrogen) atoms. The molecule has 0 radical (unpaired) electrons. The highest BCUT2D eigenvalue weighted by molar-refractivity contribution is 5.41. The van der Waals surface area contributed by atoms with Crippen molar-refractivity contribution in [2.75, 3.05) is 13.2 Å². The highest BCUT2D eigenvalue weighted by Gasteiger charge is 1.90. The van der Waals surface area contributed by atoms with Gasteiger partial charge in [0.1, 0.15) is 6.10 Å². The van der Waals surface area contributed by atoms with Crippen LogP contribution in [0.2, 0.25) is 0 Å². The van der Waals surface area contributed by atoms with Crippen LogP contribution in [0.1, 0.15) is 0 Å². The summed E-state index contributed by atoms with van der Waals surface area (Å²) in [6, 6.07) is 0. The summed E-state index contributed by atoms with van der Waals surface area (Å²) in [6.45, 7) is -0.465. The number of aliphatic hydroxyl groups is 3. The van der Waals surface area contributed by atoms with Crippen molar-refractivity contribution in [2.45, 2.75) is 6.10 Å². The van der Waals surface area contributed by atoms with Gasteiger partial charge in [0.15, 0.2) is 0 Å². The largest absolute Gasteiger partial charge is 0.393 e. The first-order chi connectivity index (χ1) is 7.81. The van der Waals surface area contributed by atoms with Crippen LogP contribution < -0.4 is 0 Å². The maximum Gasteiger partial charge on any atom is 0.138 e. The summed E-state index contributed by atoms with van der Waals surface area (Å²) in [5.74, 6) is 19.3. The molecular weight excluding hydrogens is 204 g/mol. The summed E-state index contributed by atoms with van der Waals surface area (Å²) in [5, 5.41) is 25.6. The van der Waals surface area contributed by atoms with Gasteiger partial charge in [0.25, 0.3) is 0 Å². The topological polar surface area (TPSA) is 60.7 Å². The molecule has 0 aliphatic carbocycles. The van der Waals surface area contributed by atoms with Crippen molar-refractivity contribution in [3.8, 4) is 47.4 Å². The van der Waals surface area contributed by atoms with Crippen molar-refractivity contribution in [2.24, 2.45) is 0 Å². The quantitative estimate of drug-likeness (QED) is 0.511. The van der Waals surface area contributed by atoms with Gasteiger partial charge in [0.05, 0.1) is 13.2 Å². The predicted molar refractivity (Wildman–Crippen MR) is 60.4 cm³/mol. The molecule has 0 saturated heterocycles. The van der Waals surface area contributed by atoms with Crippen LogP contribution in [-0.4, -0.2) is 34.6 Å². The molecule has 0 rings (SSSR count). The maximum absolute atomic E-state index is 8.80. The molecule has 0 amide bonds. The van der Waals surface area contributed by atoms with E-state index < -0.39 is 12.7 Å². The van der Waals surface area contributed by atoms with Crippen LogP contribution in [0.15, 0.2) is 12.2 Å². The average Bonchev–Trinajstić information content (AvgIpc) is 2.31. The first-order valence-electron chi connectivity index (χ1n) is 4.37. The third kappa shape index (κ3) is 9.94. The molecule has 0 aromatic rings. The zero-order valence-electron chi connectivity index (χ0n) is 8.49. The molecule has 0 aromatic carbocycles. The highest BCUT2D eigenvalue weighted by Crippen LogP contribution is 1.72. The molecule has 80 valence electrons. The molecule has 0 aliphatic heterocycles. The van der Waals surface area contributed by atoms with E-state index in [1.54, 1.807) is 0 Å². The van der Waals surface area contributed by atoms with Crippen molar-refractivity contribution in [3.63, 3.8) is 0 Å². The van der Waals surface area contributed by atoms with E-state index in [4.69, 9.17) is 15.3 Å². The van der Waals surface area contributed by atoms with E-state index in [0.717, 1.165) is 0 Å². The van der Waals surface area contributed by atoms with Gasteiger partial charge in [-0.2, -0.15) is 0 Å². The molecular formula is C13H10O3. The summed E-state index contributed by atoms with van der Waals surface area (Å²) in [7, 11) is 0. The van der Waals surface area contributed by atoms with Crippen molar-refractivity contribution < 1.29 is 15.3 Å². The third-order valence-electron chi connectivity index (χ3n) is 1.10. The van der Waals surface area contributed by atoms with Crippen molar-refractivity contribution in [1.29, 1.82) is 0 Å². The predicted octanol–water partition coefficient (Wildman–Crippen LogP) is -1.10. The van der Waals surface area contributed by atoms with Crippen LogP contribution in [0.3, 0.4) is 0 Å². The normalized spacial score (nSPS) is 9.44. The fourth-order valence-corrected chi connectivity index (χ4v) is 0.479. The first-order valence-corrected chi connectivity index (χ1v) is 4.37. The van der Waals surface area contributed by atoms with E-state index >= 15 is 0 Å². The van der Waals surface area contributed by atoms with E-state index in [-0.39, 0.29) is 6.61 Å². The zero-order valence-corrected chi connectivity index (χ0v) is 8.49. The SMILES string of the molecule is OC/C=C/C#CC#CC#CC#CC(O)CO. The number of aliphatic hydroxyl groups excluding tert-OH is 3. The minimum absolute atomic E-state index is 0.0509. The zero-order chi connectivity index (χ0) is 12.1. The van der Waals surface area contributed by atoms with Crippen molar-refractivity contribution >= 4 is 0 Å². The molecule has 3 nitrogen and oxygen atoms in total.